The normalized spacial score (nSPS) is 17.9. The summed E-state index contributed by atoms with van der Waals surface area (Å²) in [5.41, 5.74) is 0.768. The van der Waals surface area contributed by atoms with Crippen molar-refractivity contribution in [3.8, 4) is 5.75 Å². The van der Waals surface area contributed by atoms with E-state index in [1.807, 2.05) is 45.0 Å². The van der Waals surface area contributed by atoms with E-state index < -0.39 is 10.0 Å². The van der Waals surface area contributed by atoms with Gasteiger partial charge in [-0.1, -0.05) is 18.2 Å². The zero-order valence-corrected chi connectivity index (χ0v) is 16.9. The van der Waals surface area contributed by atoms with E-state index in [1.165, 1.54) is 4.31 Å². The molecule has 1 aromatic rings. The van der Waals surface area contributed by atoms with Gasteiger partial charge in [0.25, 0.3) is 0 Å². The van der Waals surface area contributed by atoms with Crippen LogP contribution in [-0.4, -0.2) is 56.7 Å². The molecule has 0 aliphatic carbocycles. The van der Waals surface area contributed by atoms with Gasteiger partial charge in [-0.05, 0) is 33.3 Å². The van der Waals surface area contributed by atoms with E-state index >= 15 is 0 Å². The Labute approximate surface area is 156 Å². The average Bonchev–Trinajstić information content (AvgIpc) is 2.89. The zero-order valence-electron chi connectivity index (χ0n) is 16.1. The van der Waals surface area contributed by atoms with Gasteiger partial charge in [0, 0.05) is 38.8 Å². The Hall–Kier alpha value is -1.80. The molecule has 1 aliphatic heterocycles. The van der Waals surface area contributed by atoms with E-state index in [4.69, 9.17) is 4.74 Å². The highest BCUT2D eigenvalue weighted by Crippen LogP contribution is 2.22. The number of hydrogen-bond donors (Lipinski definition) is 2. The van der Waals surface area contributed by atoms with Crippen molar-refractivity contribution in [3.05, 3.63) is 29.8 Å². The van der Waals surface area contributed by atoms with Gasteiger partial charge < -0.3 is 15.4 Å². The molecule has 7 nitrogen and oxygen atoms in total. The van der Waals surface area contributed by atoms with E-state index in [2.05, 4.69) is 15.6 Å². The minimum absolute atomic E-state index is 0.254. The van der Waals surface area contributed by atoms with Crippen LogP contribution in [0.5, 0.6) is 5.75 Å². The van der Waals surface area contributed by atoms with Crippen LogP contribution in [0.25, 0.3) is 0 Å². The highest BCUT2D eigenvalue weighted by Gasteiger charge is 2.27. The molecule has 8 heteroatoms. The number of rotatable bonds is 6. The van der Waals surface area contributed by atoms with E-state index in [1.54, 1.807) is 7.05 Å². The molecule has 1 aromatic carbocycles. The van der Waals surface area contributed by atoms with Gasteiger partial charge in [-0.25, -0.2) is 12.7 Å². The average molecular weight is 383 g/mol. The maximum atomic E-state index is 11.8. The minimum atomic E-state index is -3.05. The summed E-state index contributed by atoms with van der Waals surface area (Å²) in [6.07, 6.45) is 0.708. The first-order valence-corrected chi connectivity index (χ1v) is 10.5. The van der Waals surface area contributed by atoms with Gasteiger partial charge >= 0.3 is 0 Å². The highest BCUT2D eigenvalue weighted by molar-refractivity contribution is 7.89. The van der Waals surface area contributed by atoms with Gasteiger partial charge in [-0.15, -0.1) is 0 Å². The molecule has 146 valence electrons. The van der Waals surface area contributed by atoms with Crippen LogP contribution in [0.4, 0.5) is 0 Å². The van der Waals surface area contributed by atoms with Gasteiger partial charge in [-0.3, -0.25) is 4.99 Å². The summed E-state index contributed by atoms with van der Waals surface area (Å²) in [5.74, 6) is 1.73. The maximum absolute atomic E-state index is 11.8. The lowest BCUT2D eigenvalue weighted by molar-refractivity contribution is 0.129. The predicted molar refractivity (Wildman–Crippen MR) is 105 cm³/mol. The summed E-state index contributed by atoms with van der Waals surface area (Å²) in [5, 5.41) is 6.41. The van der Waals surface area contributed by atoms with Crippen molar-refractivity contribution in [2.75, 3.05) is 32.4 Å². The standard InChI is InChI=1S/C18H30N4O3S/c1-18(2,3)25-16-9-6-5-8-15(16)14-21-17(19-4)20-10-12-22-11-7-13-26(22,23)24/h5-6,8-9H,7,10-14H2,1-4H3,(H2,19,20,21). The van der Waals surface area contributed by atoms with Crippen molar-refractivity contribution >= 4 is 16.0 Å². The fraction of sp³-hybridized carbons (Fsp3) is 0.611. The summed E-state index contributed by atoms with van der Waals surface area (Å²) in [7, 11) is -1.36. The first-order chi connectivity index (χ1) is 12.2. The lowest BCUT2D eigenvalue weighted by atomic mass is 10.1. The van der Waals surface area contributed by atoms with Crippen LogP contribution in [0.1, 0.15) is 32.8 Å². The summed E-state index contributed by atoms with van der Waals surface area (Å²) in [4.78, 5) is 4.19. The van der Waals surface area contributed by atoms with Gasteiger partial charge in [0.05, 0.1) is 5.75 Å². The number of benzene rings is 1. The number of aliphatic imine (C=N–C) groups is 1. The third-order valence-electron chi connectivity index (χ3n) is 3.92. The number of nitrogens with zero attached hydrogens (tertiary/aromatic N) is 2. The summed E-state index contributed by atoms with van der Waals surface area (Å²) in [6.45, 7) is 8.19. The summed E-state index contributed by atoms with van der Waals surface area (Å²) in [6, 6.07) is 7.89. The van der Waals surface area contributed by atoms with Crippen LogP contribution < -0.4 is 15.4 Å². The lowest BCUT2D eigenvalue weighted by Gasteiger charge is -2.23. The summed E-state index contributed by atoms with van der Waals surface area (Å²) >= 11 is 0. The van der Waals surface area contributed by atoms with E-state index in [-0.39, 0.29) is 11.4 Å². The number of sulfonamides is 1. The molecule has 0 atom stereocenters. The van der Waals surface area contributed by atoms with Gasteiger partial charge in [-0.2, -0.15) is 0 Å². The molecule has 2 rings (SSSR count). The largest absolute Gasteiger partial charge is 0.488 e. The Bertz CT molecular complexity index is 726. The van der Waals surface area contributed by atoms with Gasteiger partial charge in [0.2, 0.25) is 10.0 Å². The Morgan fingerprint density at radius 1 is 1.27 bits per heavy atom. The second-order valence-electron chi connectivity index (χ2n) is 7.24. The molecule has 0 amide bonds. The molecule has 1 fully saturated rings. The SMILES string of the molecule is CN=C(NCCN1CCCS1(=O)=O)NCc1ccccc1OC(C)(C)C. The molecule has 0 unspecified atom stereocenters. The third-order valence-corrected chi connectivity index (χ3v) is 5.87. The van der Waals surface area contributed by atoms with Gasteiger partial charge in [0.15, 0.2) is 5.96 Å². The van der Waals surface area contributed by atoms with Crippen molar-refractivity contribution in [3.63, 3.8) is 0 Å². The molecule has 1 heterocycles. The first kappa shape index (κ1) is 20.5. The van der Waals surface area contributed by atoms with E-state index in [9.17, 15) is 8.42 Å². The second kappa shape index (κ2) is 8.73. The van der Waals surface area contributed by atoms with Crippen LogP contribution in [0.2, 0.25) is 0 Å². The smallest absolute Gasteiger partial charge is 0.214 e. The second-order valence-corrected chi connectivity index (χ2v) is 9.33. The van der Waals surface area contributed by atoms with Crippen LogP contribution in [0.15, 0.2) is 29.3 Å². The minimum Gasteiger partial charge on any atom is -0.488 e. The fourth-order valence-electron chi connectivity index (χ4n) is 2.72. The number of ether oxygens (including phenoxy) is 1. The molecule has 2 N–H and O–H groups in total. The molecule has 0 aromatic heterocycles. The van der Waals surface area contributed by atoms with Crippen LogP contribution in [-0.2, 0) is 16.6 Å². The molecular weight excluding hydrogens is 352 g/mol. The molecule has 26 heavy (non-hydrogen) atoms. The number of hydrogen-bond acceptors (Lipinski definition) is 4. The topological polar surface area (TPSA) is 83.0 Å². The molecule has 1 saturated heterocycles. The van der Waals surface area contributed by atoms with E-state index in [0.29, 0.717) is 38.6 Å². The quantitative estimate of drug-likeness (QED) is 0.576. The molecule has 0 spiro atoms. The van der Waals surface area contributed by atoms with Crippen molar-refractivity contribution in [2.45, 2.75) is 39.3 Å². The molecule has 0 saturated carbocycles. The number of para-hydroxylation sites is 1. The Kier molecular flexibility index (Phi) is 6.88. The van der Waals surface area contributed by atoms with Crippen molar-refractivity contribution < 1.29 is 13.2 Å². The Balaban J connectivity index is 1.86. The molecule has 0 radical (unpaired) electrons. The number of nitrogens with one attached hydrogen (secondary N) is 2. The molecular formula is C18H30N4O3S. The Morgan fingerprint density at radius 3 is 2.62 bits per heavy atom. The number of guanidine groups is 1. The maximum Gasteiger partial charge on any atom is 0.214 e. The third kappa shape index (κ3) is 6.17. The van der Waals surface area contributed by atoms with Crippen molar-refractivity contribution in [1.29, 1.82) is 0 Å². The summed E-state index contributed by atoms with van der Waals surface area (Å²) < 4.78 is 31.1. The first-order valence-electron chi connectivity index (χ1n) is 8.90. The van der Waals surface area contributed by atoms with Crippen molar-refractivity contribution in [2.24, 2.45) is 4.99 Å². The lowest BCUT2D eigenvalue weighted by Crippen LogP contribution is -2.41. The van der Waals surface area contributed by atoms with Crippen molar-refractivity contribution in [1.82, 2.24) is 14.9 Å². The van der Waals surface area contributed by atoms with E-state index in [0.717, 1.165) is 11.3 Å². The predicted octanol–water partition coefficient (Wildman–Crippen LogP) is 1.56. The van der Waals surface area contributed by atoms with Crippen LogP contribution in [0.3, 0.4) is 0 Å². The van der Waals surface area contributed by atoms with Gasteiger partial charge in [0.1, 0.15) is 11.4 Å². The molecule has 0 bridgehead atoms. The fourth-order valence-corrected chi connectivity index (χ4v) is 4.25. The Morgan fingerprint density at radius 2 is 2.00 bits per heavy atom. The van der Waals surface area contributed by atoms with Crippen LogP contribution >= 0.6 is 0 Å². The van der Waals surface area contributed by atoms with Crippen LogP contribution in [0, 0.1) is 0 Å². The highest BCUT2D eigenvalue weighted by atomic mass is 32.2. The monoisotopic (exact) mass is 382 g/mol. The zero-order chi connectivity index (χ0) is 19.2. The molecule has 1 aliphatic rings.